The summed E-state index contributed by atoms with van der Waals surface area (Å²) in [7, 11) is 0. The summed E-state index contributed by atoms with van der Waals surface area (Å²) >= 11 is 0. The molecule has 2 aromatic rings. The van der Waals surface area contributed by atoms with Crippen LogP contribution in [0.3, 0.4) is 0 Å². The molecule has 1 N–H and O–H groups in total. The van der Waals surface area contributed by atoms with Crippen LogP contribution in [0.15, 0.2) is 48.5 Å². The van der Waals surface area contributed by atoms with Crippen LogP contribution in [0, 0.1) is 5.82 Å². The molecular weight excluding hydrogens is 235 g/mol. The lowest BCUT2D eigenvalue weighted by Crippen LogP contribution is -2.04. The first kappa shape index (κ1) is 12.1. The van der Waals surface area contributed by atoms with E-state index in [1.165, 1.54) is 18.2 Å². The van der Waals surface area contributed by atoms with E-state index in [-0.39, 0.29) is 17.9 Å². The predicted octanol–water partition coefficient (Wildman–Crippen LogP) is 3.10. The van der Waals surface area contributed by atoms with Gasteiger partial charge in [-0.1, -0.05) is 36.4 Å². The third-order valence-electron chi connectivity index (χ3n) is 2.43. The highest BCUT2D eigenvalue weighted by molar-refractivity contribution is 5.88. The predicted molar refractivity (Wildman–Crippen MR) is 64.1 cm³/mol. The van der Waals surface area contributed by atoms with Gasteiger partial charge in [-0.2, -0.15) is 0 Å². The van der Waals surface area contributed by atoms with E-state index in [0.717, 1.165) is 5.56 Å². The van der Waals surface area contributed by atoms with Crippen molar-refractivity contribution in [1.82, 2.24) is 0 Å². The molecule has 0 aliphatic rings. The lowest BCUT2D eigenvalue weighted by molar-refractivity contribution is 0.0690. The van der Waals surface area contributed by atoms with Crippen LogP contribution in [0.25, 0.3) is 0 Å². The molecule has 0 fully saturated rings. The van der Waals surface area contributed by atoms with Gasteiger partial charge in [0, 0.05) is 0 Å². The van der Waals surface area contributed by atoms with Crippen LogP contribution in [0.1, 0.15) is 15.9 Å². The van der Waals surface area contributed by atoms with E-state index < -0.39 is 11.8 Å². The van der Waals surface area contributed by atoms with Gasteiger partial charge < -0.3 is 9.84 Å². The SMILES string of the molecule is O=C(O)c1cccc(OCc2ccccc2)c1F. The summed E-state index contributed by atoms with van der Waals surface area (Å²) in [6, 6.07) is 13.3. The summed E-state index contributed by atoms with van der Waals surface area (Å²) in [4.78, 5) is 10.8. The molecule has 0 amide bonds. The van der Waals surface area contributed by atoms with Gasteiger partial charge in [0.2, 0.25) is 0 Å². The fourth-order valence-electron chi connectivity index (χ4n) is 1.52. The van der Waals surface area contributed by atoms with E-state index in [4.69, 9.17) is 9.84 Å². The number of halogens is 1. The van der Waals surface area contributed by atoms with Crippen molar-refractivity contribution in [2.75, 3.05) is 0 Å². The standard InChI is InChI=1S/C14H11FO3/c15-13-11(14(16)17)7-4-8-12(13)18-9-10-5-2-1-3-6-10/h1-8H,9H2,(H,16,17). The van der Waals surface area contributed by atoms with Crippen molar-refractivity contribution < 1.29 is 19.0 Å². The minimum atomic E-state index is -1.31. The van der Waals surface area contributed by atoms with Gasteiger partial charge in [-0.05, 0) is 17.7 Å². The third-order valence-corrected chi connectivity index (χ3v) is 2.43. The molecule has 3 nitrogen and oxygen atoms in total. The molecule has 0 aliphatic heterocycles. The van der Waals surface area contributed by atoms with Gasteiger partial charge in [-0.15, -0.1) is 0 Å². The highest BCUT2D eigenvalue weighted by Crippen LogP contribution is 2.21. The van der Waals surface area contributed by atoms with Crippen LogP contribution in [-0.4, -0.2) is 11.1 Å². The van der Waals surface area contributed by atoms with Gasteiger partial charge in [0.05, 0.1) is 5.56 Å². The second kappa shape index (κ2) is 5.31. The number of benzene rings is 2. The number of carboxylic acid groups (broad SMARTS) is 1. The molecule has 4 heteroatoms. The quantitative estimate of drug-likeness (QED) is 0.901. The third kappa shape index (κ3) is 2.66. The van der Waals surface area contributed by atoms with Crippen molar-refractivity contribution in [2.24, 2.45) is 0 Å². The van der Waals surface area contributed by atoms with Crippen molar-refractivity contribution in [2.45, 2.75) is 6.61 Å². The molecular formula is C14H11FO3. The maximum atomic E-state index is 13.7. The molecule has 0 radical (unpaired) electrons. The van der Waals surface area contributed by atoms with Crippen LogP contribution in [0.5, 0.6) is 5.75 Å². The summed E-state index contributed by atoms with van der Waals surface area (Å²) in [5, 5.41) is 8.78. The summed E-state index contributed by atoms with van der Waals surface area (Å²) in [5.74, 6) is -2.21. The van der Waals surface area contributed by atoms with Gasteiger partial charge in [-0.25, -0.2) is 9.18 Å². The average molecular weight is 246 g/mol. The fourth-order valence-corrected chi connectivity index (χ4v) is 1.52. The second-order valence-electron chi connectivity index (χ2n) is 3.70. The smallest absolute Gasteiger partial charge is 0.338 e. The van der Waals surface area contributed by atoms with E-state index >= 15 is 0 Å². The number of hydrogen-bond donors (Lipinski definition) is 1. The van der Waals surface area contributed by atoms with Gasteiger partial charge >= 0.3 is 5.97 Å². The summed E-state index contributed by atoms with van der Waals surface area (Å²) in [5.41, 5.74) is 0.498. The van der Waals surface area contributed by atoms with E-state index in [1.54, 1.807) is 0 Å². The van der Waals surface area contributed by atoms with Crippen LogP contribution in [0.2, 0.25) is 0 Å². The van der Waals surface area contributed by atoms with E-state index in [0.29, 0.717) is 0 Å². The summed E-state index contributed by atoms with van der Waals surface area (Å²) in [6.07, 6.45) is 0. The number of ether oxygens (including phenoxy) is 1. The molecule has 18 heavy (non-hydrogen) atoms. The molecule has 0 saturated carbocycles. The lowest BCUT2D eigenvalue weighted by atomic mass is 10.2. The van der Waals surface area contributed by atoms with Gasteiger partial charge in [0.15, 0.2) is 11.6 Å². The normalized spacial score (nSPS) is 10.1. The Morgan fingerprint density at radius 3 is 2.50 bits per heavy atom. The summed E-state index contributed by atoms with van der Waals surface area (Å²) in [6.45, 7) is 0.195. The zero-order valence-corrected chi connectivity index (χ0v) is 9.47. The molecule has 0 saturated heterocycles. The molecule has 0 spiro atoms. The Kier molecular flexibility index (Phi) is 3.57. The molecule has 0 heterocycles. The van der Waals surface area contributed by atoms with E-state index in [9.17, 15) is 9.18 Å². The first-order valence-corrected chi connectivity index (χ1v) is 5.37. The summed E-state index contributed by atoms with van der Waals surface area (Å²) < 4.78 is 19.0. The van der Waals surface area contributed by atoms with Gasteiger partial charge in [0.1, 0.15) is 6.61 Å². The zero-order chi connectivity index (χ0) is 13.0. The van der Waals surface area contributed by atoms with Crippen LogP contribution in [0.4, 0.5) is 4.39 Å². The Labute approximate surface area is 103 Å². The Hall–Kier alpha value is -2.36. The molecule has 0 unspecified atom stereocenters. The molecule has 0 bridgehead atoms. The van der Waals surface area contributed by atoms with Crippen molar-refractivity contribution >= 4 is 5.97 Å². The highest BCUT2D eigenvalue weighted by atomic mass is 19.1. The van der Waals surface area contributed by atoms with Crippen molar-refractivity contribution in [3.8, 4) is 5.75 Å². The first-order valence-electron chi connectivity index (χ1n) is 5.37. The first-order chi connectivity index (χ1) is 8.68. The Morgan fingerprint density at radius 2 is 1.83 bits per heavy atom. The number of hydrogen-bond acceptors (Lipinski definition) is 2. The van der Waals surface area contributed by atoms with Crippen molar-refractivity contribution in [3.05, 3.63) is 65.5 Å². The fraction of sp³-hybridized carbons (Fsp3) is 0.0714. The molecule has 0 atom stereocenters. The Balaban J connectivity index is 2.15. The topological polar surface area (TPSA) is 46.5 Å². The van der Waals surface area contributed by atoms with Crippen LogP contribution < -0.4 is 4.74 Å². The number of aromatic carboxylic acids is 1. The van der Waals surface area contributed by atoms with E-state index in [1.807, 2.05) is 30.3 Å². The largest absolute Gasteiger partial charge is 0.486 e. The number of carbonyl (C=O) groups is 1. The average Bonchev–Trinajstić information content (AvgIpc) is 2.38. The molecule has 0 aliphatic carbocycles. The number of rotatable bonds is 4. The minimum Gasteiger partial charge on any atom is -0.486 e. The van der Waals surface area contributed by atoms with Crippen molar-refractivity contribution in [3.63, 3.8) is 0 Å². The van der Waals surface area contributed by atoms with Crippen molar-refractivity contribution in [1.29, 1.82) is 0 Å². The van der Waals surface area contributed by atoms with E-state index in [2.05, 4.69) is 0 Å². The van der Waals surface area contributed by atoms with Crippen LogP contribution in [-0.2, 0) is 6.61 Å². The molecule has 2 rings (SSSR count). The maximum Gasteiger partial charge on any atom is 0.338 e. The minimum absolute atomic E-state index is 0.0567. The molecule has 2 aromatic carbocycles. The Bertz CT molecular complexity index is 552. The van der Waals surface area contributed by atoms with Gasteiger partial charge in [-0.3, -0.25) is 0 Å². The van der Waals surface area contributed by atoms with Gasteiger partial charge in [0.25, 0.3) is 0 Å². The Morgan fingerprint density at radius 1 is 1.11 bits per heavy atom. The number of carboxylic acids is 1. The molecule has 92 valence electrons. The lowest BCUT2D eigenvalue weighted by Gasteiger charge is -2.08. The molecule has 0 aromatic heterocycles. The van der Waals surface area contributed by atoms with Crippen LogP contribution >= 0.6 is 0 Å². The highest BCUT2D eigenvalue weighted by Gasteiger charge is 2.14. The zero-order valence-electron chi connectivity index (χ0n) is 9.47. The second-order valence-corrected chi connectivity index (χ2v) is 3.70. The maximum absolute atomic E-state index is 13.7. The monoisotopic (exact) mass is 246 g/mol.